The molecular formula is C26H37NO2. The molecule has 0 spiro atoms. The van der Waals surface area contributed by atoms with Gasteiger partial charge in [0.05, 0.1) is 12.5 Å². The van der Waals surface area contributed by atoms with Gasteiger partial charge in [0.25, 0.3) is 0 Å². The average molecular weight is 396 g/mol. The summed E-state index contributed by atoms with van der Waals surface area (Å²) in [5, 5.41) is 0. The van der Waals surface area contributed by atoms with Crippen molar-refractivity contribution in [3.63, 3.8) is 0 Å². The first-order valence-corrected chi connectivity index (χ1v) is 10.8. The molecule has 0 bridgehead atoms. The van der Waals surface area contributed by atoms with Gasteiger partial charge in [-0.25, -0.2) is 0 Å². The molecular weight excluding hydrogens is 358 g/mol. The maximum absolute atomic E-state index is 6.05. The van der Waals surface area contributed by atoms with Gasteiger partial charge < -0.3 is 13.8 Å². The molecule has 3 aromatic rings. The van der Waals surface area contributed by atoms with Crippen molar-refractivity contribution >= 4 is 0 Å². The zero-order chi connectivity index (χ0) is 21.4. The number of furan rings is 2. The van der Waals surface area contributed by atoms with Crippen LogP contribution in [0.4, 0.5) is 0 Å². The van der Waals surface area contributed by atoms with Gasteiger partial charge in [0.15, 0.2) is 0 Å². The topological polar surface area (TPSA) is 42.1 Å². The molecule has 3 aromatic heterocycles. The maximum Gasteiger partial charge on any atom is 0.110 e. The fourth-order valence-electron chi connectivity index (χ4n) is 3.93. The Hall–Kier alpha value is -2.16. The first kappa shape index (κ1) is 21.5. The van der Waals surface area contributed by atoms with Crippen molar-refractivity contribution in [2.45, 2.75) is 84.5 Å². The summed E-state index contributed by atoms with van der Waals surface area (Å²) in [6, 6.07) is 10.7. The molecule has 2 unspecified atom stereocenters. The van der Waals surface area contributed by atoms with Crippen LogP contribution in [0.15, 0.2) is 51.7 Å². The highest BCUT2D eigenvalue weighted by Crippen LogP contribution is 2.41. The van der Waals surface area contributed by atoms with Gasteiger partial charge in [-0.3, -0.25) is 0 Å². The Labute approximate surface area is 175 Å². The van der Waals surface area contributed by atoms with Crippen LogP contribution in [0.2, 0.25) is 0 Å². The lowest BCUT2D eigenvalue weighted by Gasteiger charge is -2.31. The molecule has 2 atom stereocenters. The largest absolute Gasteiger partial charge is 0.469 e. The van der Waals surface area contributed by atoms with Gasteiger partial charge in [-0.05, 0) is 53.6 Å². The van der Waals surface area contributed by atoms with E-state index in [1.165, 1.54) is 17.0 Å². The van der Waals surface area contributed by atoms with E-state index in [4.69, 9.17) is 8.83 Å². The van der Waals surface area contributed by atoms with E-state index >= 15 is 0 Å². The number of nitrogens with one attached hydrogen (secondary N) is 1. The molecule has 158 valence electrons. The van der Waals surface area contributed by atoms with Crippen LogP contribution in [0.25, 0.3) is 0 Å². The lowest BCUT2D eigenvalue weighted by molar-refractivity contribution is 0.355. The standard InChI is InChI=1S/C26H37NO2/c1-17(2)18(3)22-11-12-23(27-22)26(7,8)19(4)20-14-24(29-16-20)25(5,6)15-21-10-9-13-28-21/h9-14,16-19,27H,15H2,1-8H3. The first-order chi connectivity index (χ1) is 13.5. The normalized spacial score (nSPS) is 15.1. The molecule has 0 radical (unpaired) electrons. The minimum atomic E-state index is -0.119. The second-order valence-electron chi connectivity index (χ2n) is 10.2. The monoisotopic (exact) mass is 395 g/mol. The fraction of sp³-hybridized carbons (Fsp3) is 0.538. The van der Waals surface area contributed by atoms with Gasteiger partial charge in [0, 0.05) is 28.6 Å². The van der Waals surface area contributed by atoms with E-state index in [-0.39, 0.29) is 10.8 Å². The third kappa shape index (κ3) is 4.39. The molecule has 0 saturated heterocycles. The highest BCUT2D eigenvalue weighted by atomic mass is 16.3. The number of rotatable bonds is 8. The molecule has 0 aliphatic carbocycles. The van der Waals surface area contributed by atoms with Crippen LogP contribution < -0.4 is 0 Å². The third-order valence-corrected chi connectivity index (χ3v) is 6.96. The van der Waals surface area contributed by atoms with E-state index in [0.717, 1.165) is 17.9 Å². The molecule has 0 saturated carbocycles. The number of hydrogen-bond acceptors (Lipinski definition) is 2. The summed E-state index contributed by atoms with van der Waals surface area (Å²) in [4.78, 5) is 3.71. The van der Waals surface area contributed by atoms with Crippen LogP contribution in [0, 0.1) is 5.92 Å². The first-order valence-electron chi connectivity index (χ1n) is 10.8. The number of aromatic nitrogens is 1. The summed E-state index contributed by atoms with van der Waals surface area (Å²) in [6.45, 7) is 18.2. The van der Waals surface area contributed by atoms with Crippen LogP contribution in [0.3, 0.4) is 0 Å². The second-order valence-corrected chi connectivity index (χ2v) is 10.2. The Morgan fingerprint density at radius 2 is 1.69 bits per heavy atom. The molecule has 1 N–H and O–H groups in total. The SMILES string of the molecule is CC(C)C(C)c1ccc(C(C)(C)C(C)c2coc(C(C)(C)Cc3ccco3)c2)[nH]1. The summed E-state index contributed by atoms with van der Waals surface area (Å²) < 4.78 is 11.6. The minimum Gasteiger partial charge on any atom is -0.469 e. The third-order valence-electron chi connectivity index (χ3n) is 6.96. The van der Waals surface area contributed by atoms with Crippen molar-refractivity contribution in [3.05, 3.63) is 71.3 Å². The van der Waals surface area contributed by atoms with E-state index in [0.29, 0.717) is 17.8 Å². The molecule has 3 heteroatoms. The fourth-order valence-corrected chi connectivity index (χ4v) is 3.93. The van der Waals surface area contributed by atoms with Gasteiger partial charge in [0.2, 0.25) is 0 Å². The lowest BCUT2D eigenvalue weighted by atomic mass is 9.74. The summed E-state index contributed by atoms with van der Waals surface area (Å²) in [5.41, 5.74) is 3.70. The molecule has 0 aromatic carbocycles. The van der Waals surface area contributed by atoms with Crippen LogP contribution in [0.1, 0.15) is 95.7 Å². The number of H-pyrrole nitrogens is 1. The van der Waals surface area contributed by atoms with Crippen molar-refractivity contribution in [2.75, 3.05) is 0 Å². The van der Waals surface area contributed by atoms with E-state index in [1.807, 2.05) is 18.4 Å². The molecule has 3 rings (SSSR count). The van der Waals surface area contributed by atoms with Gasteiger partial charge in [-0.2, -0.15) is 0 Å². The highest BCUT2D eigenvalue weighted by molar-refractivity contribution is 5.31. The molecule has 0 aliphatic heterocycles. The molecule has 0 aliphatic rings. The molecule has 0 amide bonds. The van der Waals surface area contributed by atoms with Gasteiger partial charge in [-0.15, -0.1) is 0 Å². The van der Waals surface area contributed by atoms with Gasteiger partial charge in [-0.1, -0.05) is 55.4 Å². The lowest BCUT2D eigenvalue weighted by Crippen LogP contribution is -2.25. The van der Waals surface area contributed by atoms with Crippen LogP contribution >= 0.6 is 0 Å². The van der Waals surface area contributed by atoms with E-state index in [9.17, 15) is 0 Å². The predicted molar refractivity (Wildman–Crippen MR) is 120 cm³/mol. The summed E-state index contributed by atoms with van der Waals surface area (Å²) in [7, 11) is 0. The maximum atomic E-state index is 6.05. The van der Waals surface area contributed by atoms with Gasteiger partial charge in [0.1, 0.15) is 11.5 Å². The summed E-state index contributed by atoms with van der Waals surface area (Å²) >= 11 is 0. The minimum absolute atomic E-state index is 0.0265. The van der Waals surface area contributed by atoms with Crippen molar-refractivity contribution < 1.29 is 8.83 Å². The molecule has 3 nitrogen and oxygen atoms in total. The van der Waals surface area contributed by atoms with Gasteiger partial charge >= 0.3 is 0 Å². The zero-order valence-electron chi connectivity index (χ0n) is 19.3. The Bertz CT molecular complexity index is 908. The number of aromatic amines is 1. The Morgan fingerprint density at radius 3 is 2.31 bits per heavy atom. The zero-order valence-corrected chi connectivity index (χ0v) is 19.3. The van der Waals surface area contributed by atoms with Crippen molar-refractivity contribution in [2.24, 2.45) is 5.92 Å². The summed E-state index contributed by atoms with van der Waals surface area (Å²) in [6.07, 6.45) is 4.48. The van der Waals surface area contributed by atoms with Crippen molar-refractivity contribution in [3.8, 4) is 0 Å². The van der Waals surface area contributed by atoms with Crippen molar-refractivity contribution in [1.82, 2.24) is 4.98 Å². The predicted octanol–water partition coefficient (Wildman–Crippen LogP) is 7.56. The van der Waals surface area contributed by atoms with Crippen LogP contribution in [0.5, 0.6) is 0 Å². The van der Waals surface area contributed by atoms with Crippen LogP contribution in [-0.4, -0.2) is 4.98 Å². The smallest absolute Gasteiger partial charge is 0.110 e. The van der Waals surface area contributed by atoms with Crippen molar-refractivity contribution in [1.29, 1.82) is 0 Å². The second kappa shape index (κ2) is 7.93. The average Bonchev–Trinajstić information content (AvgIpc) is 3.40. The van der Waals surface area contributed by atoms with E-state index < -0.39 is 0 Å². The number of hydrogen-bond donors (Lipinski definition) is 1. The van der Waals surface area contributed by atoms with E-state index in [2.05, 4.69) is 78.6 Å². The molecule has 29 heavy (non-hydrogen) atoms. The summed E-state index contributed by atoms with van der Waals surface area (Å²) in [5.74, 6) is 3.46. The Morgan fingerprint density at radius 1 is 0.966 bits per heavy atom. The van der Waals surface area contributed by atoms with Crippen LogP contribution in [-0.2, 0) is 17.3 Å². The molecule has 3 heterocycles. The quantitative estimate of drug-likeness (QED) is 0.427. The Kier molecular flexibility index (Phi) is 5.89. The Balaban J connectivity index is 1.80. The molecule has 0 fully saturated rings. The van der Waals surface area contributed by atoms with E-state index in [1.54, 1.807) is 6.26 Å². The highest BCUT2D eigenvalue weighted by Gasteiger charge is 2.34.